The lowest BCUT2D eigenvalue weighted by Crippen LogP contribution is -2.41. The van der Waals surface area contributed by atoms with Crippen LogP contribution in [0.4, 0.5) is 0 Å². The van der Waals surface area contributed by atoms with Crippen LogP contribution in [0.5, 0.6) is 0 Å². The summed E-state index contributed by atoms with van der Waals surface area (Å²) in [5.74, 6) is 0.647. The summed E-state index contributed by atoms with van der Waals surface area (Å²) in [5.41, 5.74) is 3.26. The monoisotopic (exact) mass is 380 g/mol. The van der Waals surface area contributed by atoms with Crippen molar-refractivity contribution in [3.05, 3.63) is 57.8 Å². The van der Waals surface area contributed by atoms with E-state index in [1.165, 1.54) is 28.8 Å². The number of hydrogen-bond donors (Lipinski definition) is 1. The number of likely N-dealkylation sites (tertiary alicyclic amines) is 1. The number of thiophene rings is 1. The van der Waals surface area contributed by atoms with Gasteiger partial charge in [-0.25, -0.2) is 0 Å². The van der Waals surface area contributed by atoms with Gasteiger partial charge in [-0.1, -0.05) is 30.3 Å². The maximum absolute atomic E-state index is 12.4. The minimum atomic E-state index is 0.254. The summed E-state index contributed by atoms with van der Waals surface area (Å²) in [4.78, 5) is 16.5. The average molecular weight is 381 g/mol. The smallest absolute Gasteiger partial charge is 0.220 e. The van der Waals surface area contributed by atoms with Crippen molar-refractivity contribution in [2.75, 3.05) is 13.1 Å². The van der Waals surface area contributed by atoms with Crippen LogP contribution in [0.1, 0.15) is 60.4 Å². The summed E-state index contributed by atoms with van der Waals surface area (Å²) in [6, 6.07) is 13.8. The Kier molecular flexibility index (Phi) is 4.57. The minimum absolute atomic E-state index is 0.254. The molecule has 3 aliphatic rings. The molecule has 2 aromatic rings. The maximum Gasteiger partial charge on any atom is 0.220 e. The molecule has 1 saturated carbocycles. The first-order valence-electron chi connectivity index (χ1n) is 10.4. The van der Waals surface area contributed by atoms with Crippen molar-refractivity contribution in [1.29, 1.82) is 0 Å². The quantitative estimate of drug-likeness (QED) is 0.832. The molecule has 27 heavy (non-hydrogen) atoms. The Morgan fingerprint density at radius 1 is 1.15 bits per heavy atom. The fourth-order valence-corrected chi connectivity index (χ4v) is 5.93. The van der Waals surface area contributed by atoms with E-state index < -0.39 is 0 Å². The predicted octanol–water partition coefficient (Wildman–Crippen LogP) is 4.44. The van der Waals surface area contributed by atoms with Crippen molar-refractivity contribution in [2.45, 2.75) is 62.4 Å². The highest BCUT2D eigenvalue weighted by Crippen LogP contribution is 2.52. The van der Waals surface area contributed by atoms with Crippen molar-refractivity contribution >= 4 is 17.2 Å². The van der Waals surface area contributed by atoms with Crippen molar-refractivity contribution in [3.63, 3.8) is 0 Å². The van der Waals surface area contributed by atoms with Crippen molar-refractivity contribution in [1.82, 2.24) is 10.2 Å². The number of fused-ring (bicyclic) bond motifs is 2. The van der Waals surface area contributed by atoms with Crippen molar-refractivity contribution in [3.8, 4) is 0 Å². The van der Waals surface area contributed by atoms with Crippen LogP contribution in [0.3, 0.4) is 0 Å². The Balaban J connectivity index is 1.29. The van der Waals surface area contributed by atoms with E-state index in [4.69, 9.17) is 0 Å². The third-order valence-corrected chi connectivity index (χ3v) is 7.62. The van der Waals surface area contributed by atoms with Crippen LogP contribution in [0, 0.1) is 0 Å². The van der Waals surface area contributed by atoms with E-state index in [1.807, 2.05) is 11.3 Å². The molecule has 142 valence electrons. The van der Waals surface area contributed by atoms with Gasteiger partial charge < -0.3 is 5.32 Å². The van der Waals surface area contributed by atoms with E-state index in [2.05, 4.69) is 52.0 Å². The van der Waals surface area contributed by atoms with E-state index in [9.17, 15) is 4.79 Å². The third-order valence-electron chi connectivity index (χ3n) is 6.76. The summed E-state index contributed by atoms with van der Waals surface area (Å²) in [6.07, 6.45) is 6.58. The molecule has 1 spiro atoms. The second-order valence-electron chi connectivity index (χ2n) is 8.67. The van der Waals surface area contributed by atoms with Gasteiger partial charge in [0.05, 0.1) is 0 Å². The lowest BCUT2D eigenvalue weighted by molar-refractivity contribution is -0.121. The maximum atomic E-state index is 12.4. The summed E-state index contributed by atoms with van der Waals surface area (Å²) < 4.78 is 0. The summed E-state index contributed by atoms with van der Waals surface area (Å²) in [6.45, 7) is 3.41. The zero-order valence-electron chi connectivity index (χ0n) is 15.8. The highest BCUT2D eigenvalue weighted by Gasteiger charge is 2.45. The van der Waals surface area contributed by atoms with Gasteiger partial charge in [-0.3, -0.25) is 9.69 Å². The fraction of sp³-hybridized carbons (Fsp3) is 0.522. The first kappa shape index (κ1) is 17.4. The number of amides is 1. The van der Waals surface area contributed by atoms with E-state index in [0.29, 0.717) is 18.4 Å². The number of piperidine rings is 1. The molecule has 1 aliphatic heterocycles. The van der Waals surface area contributed by atoms with Crippen molar-refractivity contribution < 1.29 is 4.79 Å². The van der Waals surface area contributed by atoms with E-state index in [1.54, 1.807) is 0 Å². The van der Waals surface area contributed by atoms with Crippen molar-refractivity contribution in [2.24, 2.45) is 0 Å². The van der Waals surface area contributed by atoms with Gasteiger partial charge in [0.2, 0.25) is 5.91 Å². The molecule has 0 bridgehead atoms. The Labute approximate surface area is 165 Å². The van der Waals surface area contributed by atoms with Crippen LogP contribution in [0.25, 0.3) is 0 Å². The third kappa shape index (κ3) is 3.57. The van der Waals surface area contributed by atoms with Gasteiger partial charge in [-0.05, 0) is 79.1 Å². The summed E-state index contributed by atoms with van der Waals surface area (Å²) in [5, 5.41) is 5.36. The largest absolute Gasteiger partial charge is 0.353 e. The van der Waals surface area contributed by atoms with Gasteiger partial charge in [0.1, 0.15) is 0 Å². The lowest BCUT2D eigenvalue weighted by atomic mass is 9.73. The van der Waals surface area contributed by atoms with E-state index in [0.717, 1.165) is 38.9 Å². The number of carbonyl (C=O) groups excluding carboxylic acids is 1. The zero-order chi connectivity index (χ0) is 18.3. The van der Waals surface area contributed by atoms with E-state index >= 15 is 0 Å². The molecule has 3 nitrogen and oxygen atoms in total. The molecule has 1 N–H and O–H groups in total. The van der Waals surface area contributed by atoms with Gasteiger partial charge >= 0.3 is 0 Å². The topological polar surface area (TPSA) is 32.3 Å². The summed E-state index contributed by atoms with van der Waals surface area (Å²) in [7, 11) is 0. The van der Waals surface area contributed by atoms with E-state index in [-0.39, 0.29) is 11.3 Å². The number of carbonyl (C=O) groups is 1. The molecule has 2 heterocycles. The second kappa shape index (κ2) is 7.06. The van der Waals surface area contributed by atoms with Gasteiger partial charge in [0.15, 0.2) is 0 Å². The lowest BCUT2D eigenvalue weighted by Gasteiger charge is -2.40. The van der Waals surface area contributed by atoms with Crippen LogP contribution >= 0.6 is 11.3 Å². The molecule has 4 heteroatoms. The second-order valence-corrected chi connectivity index (χ2v) is 9.70. The molecule has 0 unspecified atom stereocenters. The molecule has 1 aromatic carbocycles. The fourth-order valence-electron chi connectivity index (χ4n) is 5.18. The minimum Gasteiger partial charge on any atom is -0.353 e. The number of rotatable bonds is 5. The van der Waals surface area contributed by atoms with Crippen LogP contribution in [0.15, 0.2) is 41.8 Å². The molecule has 1 saturated heterocycles. The van der Waals surface area contributed by atoms with Gasteiger partial charge in [-0.15, -0.1) is 11.3 Å². The van der Waals surface area contributed by atoms with Crippen LogP contribution in [-0.2, 0) is 16.8 Å². The molecule has 0 radical (unpaired) electrons. The molecule has 1 aromatic heterocycles. The number of hydrogen-bond acceptors (Lipinski definition) is 3. The molecule has 1 amide bonds. The average Bonchev–Trinajstić information content (AvgIpc) is 3.24. The van der Waals surface area contributed by atoms with Crippen LogP contribution in [-0.4, -0.2) is 29.9 Å². The molecular weight excluding hydrogens is 352 g/mol. The number of benzene rings is 1. The van der Waals surface area contributed by atoms with Crippen LogP contribution in [0.2, 0.25) is 0 Å². The van der Waals surface area contributed by atoms with Gasteiger partial charge in [0, 0.05) is 23.9 Å². The highest BCUT2D eigenvalue weighted by atomic mass is 32.1. The van der Waals surface area contributed by atoms with Gasteiger partial charge in [0.25, 0.3) is 0 Å². The summed E-state index contributed by atoms with van der Waals surface area (Å²) >= 11 is 1.86. The Morgan fingerprint density at radius 3 is 2.70 bits per heavy atom. The molecule has 1 atom stereocenters. The molecule has 2 aliphatic carbocycles. The highest BCUT2D eigenvalue weighted by molar-refractivity contribution is 7.09. The number of nitrogens with one attached hydrogen (secondary N) is 1. The molecule has 5 rings (SSSR count). The Bertz CT molecular complexity index is 804. The van der Waals surface area contributed by atoms with Gasteiger partial charge in [-0.2, -0.15) is 0 Å². The van der Waals surface area contributed by atoms with Crippen LogP contribution < -0.4 is 5.32 Å². The normalized spacial score (nSPS) is 24.1. The SMILES string of the molecule is O=C(C[C@@H]1CC2(CCN(Cc3cccs3)CC2)c2ccccc21)NC1CC1. The predicted molar refractivity (Wildman–Crippen MR) is 110 cm³/mol. The Hall–Kier alpha value is -1.65. The zero-order valence-corrected chi connectivity index (χ0v) is 16.6. The first-order chi connectivity index (χ1) is 13.2. The molecule has 2 fully saturated rings. The first-order valence-corrected chi connectivity index (χ1v) is 11.2. The Morgan fingerprint density at radius 2 is 1.96 bits per heavy atom. The standard InChI is InChI=1S/C23H28N2OS/c26-22(24-18-7-8-18)14-17-15-23(21-6-2-1-5-20(17)21)9-11-25(12-10-23)16-19-4-3-13-27-19/h1-6,13,17-18H,7-12,14-16H2,(H,24,26)/t17-/m1/s1. The molecular formula is C23H28N2OS. The number of nitrogens with zero attached hydrogens (tertiary/aromatic N) is 1.